The maximum atomic E-state index is 11.7. The van der Waals surface area contributed by atoms with Gasteiger partial charge >= 0.3 is 6.09 Å². The van der Waals surface area contributed by atoms with E-state index in [0.717, 1.165) is 37.7 Å². The van der Waals surface area contributed by atoms with Gasteiger partial charge in [0.15, 0.2) is 0 Å². The summed E-state index contributed by atoms with van der Waals surface area (Å²) in [5.41, 5.74) is 0.0547. The molecular formula is C21H30N2O3. The highest BCUT2D eigenvalue weighted by atomic mass is 16.5. The number of nitrogens with zero attached hydrogens (tertiary/aromatic N) is 2. The van der Waals surface area contributed by atoms with Crippen molar-refractivity contribution in [2.24, 2.45) is 5.41 Å². The molecule has 0 radical (unpaired) electrons. The third-order valence-electron chi connectivity index (χ3n) is 5.19. The summed E-state index contributed by atoms with van der Waals surface area (Å²) < 4.78 is 6.03. The molecule has 1 amide bonds. The predicted molar refractivity (Wildman–Crippen MR) is 102 cm³/mol. The summed E-state index contributed by atoms with van der Waals surface area (Å²) >= 11 is 0. The lowest BCUT2D eigenvalue weighted by molar-refractivity contribution is -0.00376. The molecule has 0 saturated carbocycles. The summed E-state index contributed by atoms with van der Waals surface area (Å²) in [7, 11) is 0. The number of carboxylic acid groups (broad SMARTS) is 1. The highest BCUT2D eigenvalue weighted by molar-refractivity contribution is 5.67. The second-order valence-electron chi connectivity index (χ2n) is 7.92. The number of hydrogen-bond acceptors (Lipinski definition) is 3. The van der Waals surface area contributed by atoms with E-state index in [4.69, 9.17) is 4.74 Å². The number of likely N-dealkylation sites (tertiary alicyclic amines) is 1. The molecule has 0 aromatic carbocycles. The molecule has 1 N–H and O–H groups in total. The van der Waals surface area contributed by atoms with Gasteiger partial charge in [-0.05, 0) is 30.7 Å². The highest BCUT2D eigenvalue weighted by Gasteiger charge is 2.52. The lowest BCUT2D eigenvalue weighted by Crippen LogP contribution is -2.58. The largest absolute Gasteiger partial charge is 0.489 e. The van der Waals surface area contributed by atoms with E-state index in [1.165, 1.54) is 0 Å². The van der Waals surface area contributed by atoms with E-state index in [-0.39, 0.29) is 5.41 Å². The van der Waals surface area contributed by atoms with Gasteiger partial charge in [0.25, 0.3) is 0 Å². The quantitative estimate of drug-likeness (QED) is 0.619. The third kappa shape index (κ3) is 4.49. The Morgan fingerprint density at radius 3 is 2.85 bits per heavy atom. The van der Waals surface area contributed by atoms with E-state index in [1.54, 1.807) is 17.3 Å². The van der Waals surface area contributed by atoms with E-state index < -0.39 is 11.6 Å². The predicted octanol–water partition coefficient (Wildman–Crippen LogP) is 4.56. The lowest BCUT2D eigenvalue weighted by Gasteiger charge is -2.46. The van der Waals surface area contributed by atoms with Crippen LogP contribution in [0.25, 0.3) is 0 Å². The Kier molecular flexibility index (Phi) is 6.52. The molecule has 2 heterocycles. The van der Waals surface area contributed by atoms with Gasteiger partial charge in [0.1, 0.15) is 12.4 Å². The van der Waals surface area contributed by atoms with Gasteiger partial charge in [-0.2, -0.15) is 0 Å². The average molecular weight is 358 g/mol. The minimum absolute atomic E-state index is 0.229. The fourth-order valence-corrected chi connectivity index (χ4v) is 3.50. The van der Waals surface area contributed by atoms with E-state index in [2.05, 4.69) is 44.5 Å². The molecule has 0 unspecified atom stereocenters. The number of ether oxygens (including phenoxy) is 1. The molecule has 0 aliphatic carbocycles. The van der Waals surface area contributed by atoms with Gasteiger partial charge in [-0.15, -0.1) is 0 Å². The zero-order valence-corrected chi connectivity index (χ0v) is 16.3. The minimum atomic E-state index is -0.880. The standard InChI is InChI=1S/C21H30N2O3/c1-5-6-7-8-10-17-13-18(15-22-14-17)26-16-21(20(2,3)4)11-9-12-23(21)19(24)25/h13-15H,5-7,9,11-12,16H2,1-4H3,(H,24,25)/t21-/m1/s1. The highest BCUT2D eigenvalue weighted by Crippen LogP contribution is 2.44. The zero-order chi connectivity index (χ0) is 19.2. The number of carbonyl (C=O) groups is 1. The van der Waals surface area contributed by atoms with Crippen molar-refractivity contribution in [1.82, 2.24) is 9.88 Å². The first-order valence-electron chi connectivity index (χ1n) is 9.37. The second kappa shape index (κ2) is 8.44. The molecule has 142 valence electrons. The Labute approximate surface area is 156 Å². The van der Waals surface area contributed by atoms with Crippen molar-refractivity contribution in [1.29, 1.82) is 0 Å². The van der Waals surface area contributed by atoms with Gasteiger partial charge in [-0.3, -0.25) is 9.88 Å². The summed E-state index contributed by atoms with van der Waals surface area (Å²) in [5.74, 6) is 6.90. The Balaban J connectivity index is 2.14. The number of aromatic nitrogens is 1. The first-order valence-corrected chi connectivity index (χ1v) is 9.37. The first kappa shape index (κ1) is 20.1. The summed E-state index contributed by atoms with van der Waals surface area (Å²) in [6.07, 6.45) is 7.26. The van der Waals surface area contributed by atoms with E-state index in [1.807, 2.05) is 6.07 Å². The molecule has 26 heavy (non-hydrogen) atoms. The number of unbranched alkanes of at least 4 members (excludes halogenated alkanes) is 2. The number of pyridine rings is 1. The van der Waals surface area contributed by atoms with E-state index in [9.17, 15) is 9.90 Å². The van der Waals surface area contributed by atoms with Crippen LogP contribution >= 0.6 is 0 Å². The normalized spacial score (nSPS) is 19.8. The van der Waals surface area contributed by atoms with Crippen molar-refractivity contribution in [2.75, 3.05) is 13.2 Å². The summed E-state index contributed by atoms with van der Waals surface area (Å²) in [6, 6.07) is 1.88. The molecule has 1 saturated heterocycles. The molecule has 1 aliphatic heterocycles. The van der Waals surface area contributed by atoms with Crippen LogP contribution in [0.1, 0.15) is 65.4 Å². The zero-order valence-electron chi connectivity index (χ0n) is 16.3. The molecule has 1 atom stereocenters. The van der Waals surface area contributed by atoms with Gasteiger partial charge in [0.05, 0.1) is 11.7 Å². The van der Waals surface area contributed by atoms with E-state index in [0.29, 0.717) is 18.9 Å². The molecule has 1 aliphatic rings. The number of hydrogen-bond donors (Lipinski definition) is 1. The monoisotopic (exact) mass is 358 g/mol. The number of rotatable bonds is 5. The fourth-order valence-electron chi connectivity index (χ4n) is 3.50. The van der Waals surface area contributed by atoms with Crippen LogP contribution in [-0.4, -0.2) is 39.8 Å². The summed E-state index contributed by atoms with van der Waals surface area (Å²) in [5, 5.41) is 9.63. The van der Waals surface area contributed by atoms with Gasteiger partial charge in [0.2, 0.25) is 0 Å². The lowest BCUT2D eigenvalue weighted by atomic mass is 9.72. The molecular weight excluding hydrogens is 328 g/mol. The van der Waals surface area contributed by atoms with Gasteiger partial charge < -0.3 is 9.84 Å². The van der Waals surface area contributed by atoms with Gasteiger partial charge in [0, 0.05) is 24.7 Å². The van der Waals surface area contributed by atoms with Gasteiger partial charge in [-0.25, -0.2) is 4.79 Å². The number of amides is 1. The van der Waals surface area contributed by atoms with Crippen LogP contribution in [0.15, 0.2) is 18.5 Å². The van der Waals surface area contributed by atoms with E-state index >= 15 is 0 Å². The van der Waals surface area contributed by atoms with Crippen molar-refractivity contribution in [3.8, 4) is 17.6 Å². The molecule has 5 heteroatoms. The maximum Gasteiger partial charge on any atom is 0.407 e. The smallest absolute Gasteiger partial charge is 0.407 e. The van der Waals surface area contributed by atoms with Gasteiger partial charge in [-0.1, -0.05) is 46.0 Å². The molecule has 0 spiro atoms. The second-order valence-corrected chi connectivity index (χ2v) is 7.92. The van der Waals surface area contributed by atoms with Crippen molar-refractivity contribution >= 4 is 6.09 Å². The van der Waals surface area contributed by atoms with Crippen LogP contribution < -0.4 is 4.74 Å². The third-order valence-corrected chi connectivity index (χ3v) is 5.19. The molecule has 0 bridgehead atoms. The molecule has 1 fully saturated rings. The maximum absolute atomic E-state index is 11.7. The molecule has 2 rings (SSSR count). The van der Waals surface area contributed by atoms with Crippen molar-refractivity contribution in [3.63, 3.8) is 0 Å². The van der Waals surface area contributed by atoms with Crippen molar-refractivity contribution < 1.29 is 14.6 Å². The topological polar surface area (TPSA) is 62.7 Å². The molecule has 1 aromatic rings. The Morgan fingerprint density at radius 1 is 1.42 bits per heavy atom. The van der Waals surface area contributed by atoms with Crippen molar-refractivity contribution in [3.05, 3.63) is 24.0 Å². The fraction of sp³-hybridized carbons (Fsp3) is 0.619. The Hall–Kier alpha value is -2.22. The Bertz CT molecular complexity index is 684. The van der Waals surface area contributed by atoms with Crippen LogP contribution in [0.3, 0.4) is 0 Å². The average Bonchev–Trinajstić information content (AvgIpc) is 3.03. The molecule has 1 aromatic heterocycles. The van der Waals surface area contributed by atoms with Crippen LogP contribution in [0.4, 0.5) is 4.79 Å². The summed E-state index contributed by atoms with van der Waals surface area (Å²) in [6.45, 7) is 9.24. The summed E-state index contributed by atoms with van der Waals surface area (Å²) in [4.78, 5) is 17.5. The first-order chi connectivity index (χ1) is 12.3. The van der Waals surface area contributed by atoms with Crippen LogP contribution in [-0.2, 0) is 0 Å². The van der Waals surface area contributed by atoms with Crippen molar-refractivity contribution in [2.45, 2.75) is 65.3 Å². The van der Waals surface area contributed by atoms with Crippen LogP contribution in [0.5, 0.6) is 5.75 Å². The van der Waals surface area contributed by atoms with Crippen LogP contribution in [0.2, 0.25) is 0 Å². The minimum Gasteiger partial charge on any atom is -0.489 e. The SMILES string of the molecule is CCCCC#Cc1cncc(OC[C@@]2(C(C)(C)C)CCCN2C(=O)O)c1. The Morgan fingerprint density at radius 2 is 2.19 bits per heavy atom. The molecule has 5 nitrogen and oxygen atoms in total. The van der Waals surface area contributed by atoms with Crippen LogP contribution in [0, 0.1) is 17.3 Å².